The maximum absolute atomic E-state index is 11.8. The van der Waals surface area contributed by atoms with E-state index in [2.05, 4.69) is 5.32 Å². The van der Waals surface area contributed by atoms with E-state index in [4.69, 9.17) is 22.1 Å². The first-order chi connectivity index (χ1) is 10.0. The summed E-state index contributed by atoms with van der Waals surface area (Å²) >= 11 is 5.85. The zero-order chi connectivity index (χ0) is 15.2. The van der Waals surface area contributed by atoms with Crippen LogP contribution in [0.15, 0.2) is 48.5 Å². The van der Waals surface area contributed by atoms with E-state index in [9.17, 15) is 4.79 Å². The summed E-state index contributed by atoms with van der Waals surface area (Å²) in [7, 11) is 0. The fourth-order valence-corrected chi connectivity index (χ4v) is 1.99. The molecule has 0 radical (unpaired) electrons. The van der Waals surface area contributed by atoms with Gasteiger partial charge in [-0.25, -0.2) is 0 Å². The van der Waals surface area contributed by atoms with Crippen LogP contribution in [0, 0.1) is 0 Å². The molecule has 2 aromatic rings. The van der Waals surface area contributed by atoms with E-state index in [1.807, 2.05) is 25.1 Å². The van der Waals surface area contributed by atoms with E-state index in [-0.39, 0.29) is 18.6 Å². The molecule has 1 atom stereocenters. The first-order valence-corrected chi connectivity index (χ1v) is 6.96. The maximum Gasteiger partial charge on any atom is 0.262 e. The highest BCUT2D eigenvalue weighted by Gasteiger charge is 2.06. The van der Waals surface area contributed by atoms with Crippen molar-refractivity contribution in [1.82, 2.24) is 0 Å². The molecule has 0 saturated carbocycles. The zero-order valence-electron chi connectivity index (χ0n) is 11.7. The third-order valence-corrected chi connectivity index (χ3v) is 3.10. The number of nitrogens with one attached hydrogen (secondary N) is 1. The summed E-state index contributed by atoms with van der Waals surface area (Å²) in [5.41, 5.74) is 7.41. The van der Waals surface area contributed by atoms with Gasteiger partial charge in [-0.1, -0.05) is 29.8 Å². The molecule has 21 heavy (non-hydrogen) atoms. The van der Waals surface area contributed by atoms with E-state index < -0.39 is 0 Å². The van der Waals surface area contributed by atoms with Gasteiger partial charge in [-0.2, -0.15) is 0 Å². The Hall–Kier alpha value is -2.04. The molecule has 0 fully saturated rings. The van der Waals surface area contributed by atoms with Gasteiger partial charge in [0.1, 0.15) is 5.75 Å². The molecule has 2 rings (SSSR count). The molecule has 0 spiro atoms. The van der Waals surface area contributed by atoms with Gasteiger partial charge in [-0.3, -0.25) is 4.79 Å². The molecule has 0 aromatic heterocycles. The highest BCUT2D eigenvalue weighted by molar-refractivity contribution is 6.30. The molecule has 0 aliphatic rings. The standard InChI is InChI=1S/C16H17ClN2O2/c1-11(18)12-4-2-7-15(8-12)21-10-16(20)19-14-6-3-5-13(17)9-14/h2-9,11H,10,18H2,1H3,(H,19,20)/t11-/m0/s1. The number of benzene rings is 2. The van der Waals surface area contributed by atoms with Crippen LogP contribution in [0.5, 0.6) is 5.75 Å². The Morgan fingerprint density at radius 3 is 2.76 bits per heavy atom. The van der Waals surface area contributed by atoms with Crippen molar-refractivity contribution < 1.29 is 9.53 Å². The summed E-state index contributed by atoms with van der Waals surface area (Å²) in [6.45, 7) is 1.82. The third-order valence-electron chi connectivity index (χ3n) is 2.86. The molecule has 1 amide bonds. The summed E-state index contributed by atoms with van der Waals surface area (Å²) in [6.07, 6.45) is 0. The minimum Gasteiger partial charge on any atom is -0.484 e. The zero-order valence-corrected chi connectivity index (χ0v) is 12.4. The molecule has 0 aliphatic heterocycles. The number of carbonyl (C=O) groups is 1. The molecule has 3 N–H and O–H groups in total. The average molecular weight is 305 g/mol. The first kappa shape index (κ1) is 15.4. The third kappa shape index (κ3) is 4.77. The normalized spacial score (nSPS) is 11.8. The van der Waals surface area contributed by atoms with E-state index in [1.54, 1.807) is 30.3 Å². The van der Waals surface area contributed by atoms with E-state index in [0.717, 1.165) is 5.56 Å². The van der Waals surface area contributed by atoms with Gasteiger partial charge in [0, 0.05) is 16.8 Å². The van der Waals surface area contributed by atoms with Gasteiger partial charge in [0.2, 0.25) is 0 Å². The number of hydrogen-bond donors (Lipinski definition) is 2. The fourth-order valence-electron chi connectivity index (χ4n) is 1.80. The van der Waals surface area contributed by atoms with E-state index in [1.165, 1.54) is 0 Å². The summed E-state index contributed by atoms with van der Waals surface area (Å²) in [5, 5.41) is 3.29. The van der Waals surface area contributed by atoms with Gasteiger partial charge in [0.15, 0.2) is 6.61 Å². The molecule has 0 saturated heterocycles. The molecule has 0 aliphatic carbocycles. The van der Waals surface area contributed by atoms with E-state index in [0.29, 0.717) is 16.5 Å². The number of ether oxygens (including phenoxy) is 1. The van der Waals surface area contributed by atoms with Crippen molar-refractivity contribution in [1.29, 1.82) is 0 Å². The number of rotatable bonds is 5. The summed E-state index contributed by atoms with van der Waals surface area (Å²) < 4.78 is 5.46. The Morgan fingerprint density at radius 2 is 2.05 bits per heavy atom. The van der Waals surface area contributed by atoms with Crippen LogP contribution < -0.4 is 15.8 Å². The summed E-state index contributed by atoms with van der Waals surface area (Å²) in [6, 6.07) is 14.3. The molecular weight excluding hydrogens is 288 g/mol. The van der Waals surface area contributed by atoms with Crippen molar-refractivity contribution in [2.75, 3.05) is 11.9 Å². The largest absolute Gasteiger partial charge is 0.484 e. The predicted molar refractivity (Wildman–Crippen MR) is 84.6 cm³/mol. The van der Waals surface area contributed by atoms with Crippen molar-refractivity contribution in [3.05, 3.63) is 59.1 Å². The highest BCUT2D eigenvalue weighted by atomic mass is 35.5. The second-order valence-corrected chi connectivity index (χ2v) is 5.14. The Labute approximate surface area is 128 Å². The van der Waals surface area contributed by atoms with Gasteiger partial charge in [-0.05, 0) is 42.8 Å². The van der Waals surface area contributed by atoms with Crippen LogP contribution in [0.1, 0.15) is 18.5 Å². The fraction of sp³-hybridized carbons (Fsp3) is 0.188. The molecule has 0 unspecified atom stereocenters. The number of halogens is 1. The average Bonchev–Trinajstić information content (AvgIpc) is 2.45. The van der Waals surface area contributed by atoms with Gasteiger partial charge >= 0.3 is 0 Å². The van der Waals surface area contributed by atoms with Crippen molar-refractivity contribution in [3.63, 3.8) is 0 Å². The lowest BCUT2D eigenvalue weighted by molar-refractivity contribution is -0.118. The van der Waals surface area contributed by atoms with Crippen molar-refractivity contribution in [2.45, 2.75) is 13.0 Å². The minimum absolute atomic E-state index is 0.0745. The molecule has 0 heterocycles. The first-order valence-electron chi connectivity index (χ1n) is 6.58. The van der Waals surface area contributed by atoms with Gasteiger partial charge < -0.3 is 15.8 Å². The van der Waals surface area contributed by atoms with Crippen LogP contribution in [0.3, 0.4) is 0 Å². The van der Waals surface area contributed by atoms with Crippen molar-refractivity contribution >= 4 is 23.2 Å². The number of anilines is 1. The van der Waals surface area contributed by atoms with Crippen LogP contribution in [-0.4, -0.2) is 12.5 Å². The molecule has 0 bridgehead atoms. The topological polar surface area (TPSA) is 64.3 Å². The lowest BCUT2D eigenvalue weighted by atomic mass is 10.1. The van der Waals surface area contributed by atoms with Crippen LogP contribution in [-0.2, 0) is 4.79 Å². The van der Waals surface area contributed by atoms with E-state index >= 15 is 0 Å². The molecular formula is C16H17ClN2O2. The summed E-state index contributed by atoms with van der Waals surface area (Å²) in [4.78, 5) is 11.8. The number of amides is 1. The quantitative estimate of drug-likeness (QED) is 0.890. The monoisotopic (exact) mass is 304 g/mol. The molecule has 5 heteroatoms. The number of nitrogens with two attached hydrogens (primary N) is 1. The molecule has 4 nitrogen and oxygen atoms in total. The Kier molecular flexibility index (Phi) is 5.20. The van der Waals surface area contributed by atoms with Crippen LogP contribution in [0.2, 0.25) is 5.02 Å². The van der Waals surface area contributed by atoms with Crippen molar-refractivity contribution in [3.8, 4) is 5.75 Å². The second kappa shape index (κ2) is 7.11. The lowest BCUT2D eigenvalue weighted by Gasteiger charge is -2.10. The van der Waals surface area contributed by atoms with Gasteiger partial charge in [0.25, 0.3) is 5.91 Å². The smallest absolute Gasteiger partial charge is 0.262 e. The Bertz CT molecular complexity index is 629. The Balaban J connectivity index is 1.90. The van der Waals surface area contributed by atoms with Crippen LogP contribution in [0.4, 0.5) is 5.69 Å². The highest BCUT2D eigenvalue weighted by Crippen LogP contribution is 2.18. The summed E-state index contributed by atoms with van der Waals surface area (Å²) in [5.74, 6) is 0.370. The number of carbonyl (C=O) groups excluding carboxylic acids is 1. The van der Waals surface area contributed by atoms with Gasteiger partial charge in [0.05, 0.1) is 0 Å². The van der Waals surface area contributed by atoms with Crippen LogP contribution >= 0.6 is 11.6 Å². The maximum atomic E-state index is 11.8. The molecule has 2 aromatic carbocycles. The van der Waals surface area contributed by atoms with Crippen LogP contribution in [0.25, 0.3) is 0 Å². The number of hydrogen-bond acceptors (Lipinski definition) is 3. The minimum atomic E-state index is -0.247. The Morgan fingerprint density at radius 1 is 1.29 bits per heavy atom. The molecule has 110 valence electrons. The second-order valence-electron chi connectivity index (χ2n) is 4.71. The SMILES string of the molecule is C[C@H](N)c1cccc(OCC(=O)Nc2cccc(Cl)c2)c1. The van der Waals surface area contributed by atoms with Gasteiger partial charge in [-0.15, -0.1) is 0 Å². The lowest BCUT2D eigenvalue weighted by Crippen LogP contribution is -2.20. The predicted octanol–water partition coefficient (Wildman–Crippen LogP) is 3.38. The van der Waals surface area contributed by atoms with Crippen molar-refractivity contribution in [2.24, 2.45) is 5.73 Å².